The summed E-state index contributed by atoms with van der Waals surface area (Å²) in [6.45, 7) is 1.99. The molecule has 1 saturated carbocycles. The number of halogens is 3. The highest BCUT2D eigenvalue weighted by atomic mass is 32.2. The van der Waals surface area contributed by atoms with E-state index in [0.29, 0.717) is 12.5 Å². The van der Waals surface area contributed by atoms with E-state index in [-0.39, 0.29) is 12.5 Å². The van der Waals surface area contributed by atoms with E-state index in [4.69, 9.17) is 0 Å². The number of hydrogen-bond acceptors (Lipinski definition) is 2. The molecule has 0 saturated heterocycles. The van der Waals surface area contributed by atoms with E-state index >= 15 is 0 Å². The lowest BCUT2D eigenvalue weighted by molar-refractivity contribution is -0.135. The van der Waals surface area contributed by atoms with Crippen molar-refractivity contribution in [2.45, 2.75) is 69.0 Å². The zero-order chi connectivity index (χ0) is 12.9. The first-order chi connectivity index (χ1) is 7.90. The van der Waals surface area contributed by atoms with Gasteiger partial charge in [0.2, 0.25) is 0 Å². The van der Waals surface area contributed by atoms with Gasteiger partial charge in [-0.3, -0.25) is 0 Å². The zero-order valence-electron chi connectivity index (χ0n) is 10.5. The van der Waals surface area contributed by atoms with Crippen molar-refractivity contribution in [1.82, 2.24) is 5.32 Å². The van der Waals surface area contributed by atoms with Crippen LogP contribution in [0.4, 0.5) is 13.2 Å². The quantitative estimate of drug-likeness (QED) is 0.782. The van der Waals surface area contributed by atoms with Crippen LogP contribution in [-0.2, 0) is 0 Å². The summed E-state index contributed by atoms with van der Waals surface area (Å²) in [5.41, 5.74) is 0. The van der Waals surface area contributed by atoms with Gasteiger partial charge in [-0.15, -0.1) is 0 Å². The molecule has 102 valence electrons. The lowest BCUT2D eigenvalue weighted by Gasteiger charge is -2.19. The van der Waals surface area contributed by atoms with Crippen molar-refractivity contribution in [1.29, 1.82) is 0 Å². The van der Waals surface area contributed by atoms with Crippen molar-refractivity contribution in [2.24, 2.45) is 0 Å². The molecule has 1 aliphatic rings. The molecule has 1 rings (SSSR count). The highest BCUT2D eigenvalue weighted by Gasteiger charge is 2.27. The summed E-state index contributed by atoms with van der Waals surface area (Å²) in [5, 5.41) is 4.18. The first-order valence-electron chi connectivity index (χ1n) is 6.26. The highest BCUT2D eigenvalue weighted by molar-refractivity contribution is 7.99. The predicted octanol–water partition coefficient (Wildman–Crippen LogP) is 3.98. The third-order valence-electron chi connectivity index (χ3n) is 3.34. The van der Waals surface area contributed by atoms with Crippen LogP contribution in [0.25, 0.3) is 0 Å². The summed E-state index contributed by atoms with van der Waals surface area (Å²) in [4.78, 5) is 0. The molecule has 1 N–H and O–H groups in total. The van der Waals surface area contributed by atoms with Crippen molar-refractivity contribution in [3.63, 3.8) is 0 Å². The van der Waals surface area contributed by atoms with Crippen LogP contribution < -0.4 is 5.32 Å². The van der Waals surface area contributed by atoms with Gasteiger partial charge in [0, 0.05) is 23.8 Å². The Hall–Kier alpha value is 0.100. The summed E-state index contributed by atoms with van der Waals surface area (Å²) >= 11 is 1.90. The molecule has 17 heavy (non-hydrogen) atoms. The number of rotatable bonds is 6. The van der Waals surface area contributed by atoms with Crippen molar-refractivity contribution >= 4 is 11.8 Å². The molecule has 1 aliphatic carbocycles. The van der Waals surface area contributed by atoms with Crippen LogP contribution in [0.3, 0.4) is 0 Å². The van der Waals surface area contributed by atoms with E-state index in [9.17, 15) is 13.2 Å². The lowest BCUT2D eigenvalue weighted by Crippen LogP contribution is -2.35. The number of thioether (sulfide) groups is 1. The lowest BCUT2D eigenvalue weighted by atomic mass is 10.1. The van der Waals surface area contributed by atoms with Gasteiger partial charge in [0.25, 0.3) is 0 Å². The van der Waals surface area contributed by atoms with E-state index in [1.165, 1.54) is 6.42 Å². The molecule has 1 nitrogen and oxygen atoms in total. The molecule has 1 fully saturated rings. The average Bonchev–Trinajstić information content (AvgIpc) is 2.63. The van der Waals surface area contributed by atoms with Crippen LogP contribution in [0.5, 0.6) is 0 Å². The molecule has 0 aromatic carbocycles. The molecule has 0 spiro atoms. The first-order valence-corrected chi connectivity index (χ1v) is 7.55. The van der Waals surface area contributed by atoms with Crippen LogP contribution in [-0.4, -0.2) is 29.8 Å². The van der Waals surface area contributed by atoms with Crippen molar-refractivity contribution < 1.29 is 13.2 Å². The van der Waals surface area contributed by atoms with Crippen LogP contribution in [0, 0.1) is 0 Å². The third kappa shape index (κ3) is 6.55. The van der Waals surface area contributed by atoms with Crippen molar-refractivity contribution in [2.75, 3.05) is 6.26 Å². The fourth-order valence-corrected chi connectivity index (χ4v) is 3.20. The Balaban J connectivity index is 2.11. The Morgan fingerprint density at radius 1 is 1.35 bits per heavy atom. The fourth-order valence-electron chi connectivity index (χ4n) is 2.40. The second-order valence-corrected chi connectivity index (χ2v) is 6.08. The highest BCUT2D eigenvalue weighted by Crippen LogP contribution is 2.29. The Kier molecular flexibility index (Phi) is 6.13. The summed E-state index contributed by atoms with van der Waals surface area (Å²) in [6.07, 6.45) is 1.86. The van der Waals surface area contributed by atoms with Gasteiger partial charge in [-0.25, -0.2) is 0 Å². The minimum absolute atomic E-state index is 0.197. The van der Waals surface area contributed by atoms with Crippen molar-refractivity contribution in [3.05, 3.63) is 0 Å². The van der Waals surface area contributed by atoms with E-state index in [1.54, 1.807) is 0 Å². The van der Waals surface area contributed by atoms with Gasteiger partial charge in [-0.1, -0.05) is 0 Å². The van der Waals surface area contributed by atoms with Crippen LogP contribution in [0.15, 0.2) is 0 Å². The van der Waals surface area contributed by atoms with E-state index < -0.39 is 12.6 Å². The Labute approximate surface area is 106 Å². The van der Waals surface area contributed by atoms with Crippen molar-refractivity contribution in [3.8, 4) is 0 Å². The number of nitrogens with one attached hydrogen (secondary N) is 1. The number of hydrogen-bond donors (Lipinski definition) is 1. The summed E-state index contributed by atoms with van der Waals surface area (Å²) in [5.74, 6) is 0. The molecular formula is C12H22F3NS. The minimum atomic E-state index is -4.00. The summed E-state index contributed by atoms with van der Waals surface area (Å²) in [6, 6.07) is 0.705. The average molecular weight is 269 g/mol. The molecule has 0 aromatic heterocycles. The standard InChI is InChI=1S/C12H22F3NS/c1-9(4-3-7-12(13,14)15)16-10-5-6-11(8-10)17-2/h9-11,16H,3-8H2,1-2H3. The second-order valence-electron chi connectivity index (χ2n) is 4.94. The monoisotopic (exact) mass is 269 g/mol. The Bertz CT molecular complexity index is 220. The molecule has 0 amide bonds. The molecule has 0 heterocycles. The minimum Gasteiger partial charge on any atom is -0.311 e. The third-order valence-corrected chi connectivity index (χ3v) is 4.43. The maximum Gasteiger partial charge on any atom is 0.389 e. The van der Waals surface area contributed by atoms with Crippen LogP contribution in [0.2, 0.25) is 0 Å². The number of alkyl halides is 3. The fraction of sp³-hybridized carbons (Fsp3) is 1.00. The molecule has 3 atom stereocenters. The molecule has 5 heteroatoms. The molecule has 3 unspecified atom stereocenters. The van der Waals surface area contributed by atoms with Gasteiger partial charge in [-0.2, -0.15) is 24.9 Å². The van der Waals surface area contributed by atoms with E-state index in [1.807, 2.05) is 18.7 Å². The smallest absolute Gasteiger partial charge is 0.311 e. The van der Waals surface area contributed by atoms with Gasteiger partial charge >= 0.3 is 6.18 Å². The Morgan fingerprint density at radius 2 is 2.06 bits per heavy atom. The molecule has 0 bridgehead atoms. The van der Waals surface area contributed by atoms with Gasteiger partial charge in [0.05, 0.1) is 0 Å². The SMILES string of the molecule is CSC1CCC(NC(C)CCCC(F)(F)F)C1. The van der Waals surface area contributed by atoms with E-state index in [0.717, 1.165) is 18.1 Å². The molecular weight excluding hydrogens is 247 g/mol. The largest absolute Gasteiger partial charge is 0.389 e. The maximum absolute atomic E-state index is 12.0. The second kappa shape index (κ2) is 6.88. The van der Waals surface area contributed by atoms with Gasteiger partial charge in [0.15, 0.2) is 0 Å². The van der Waals surface area contributed by atoms with E-state index in [2.05, 4.69) is 11.6 Å². The normalized spacial score (nSPS) is 27.4. The maximum atomic E-state index is 12.0. The van der Waals surface area contributed by atoms with Crippen LogP contribution in [0.1, 0.15) is 45.4 Å². The Morgan fingerprint density at radius 3 is 2.59 bits per heavy atom. The summed E-state index contributed by atoms with van der Waals surface area (Å²) < 4.78 is 36.0. The first kappa shape index (κ1) is 15.2. The zero-order valence-corrected chi connectivity index (χ0v) is 11.3. The van der Waals surface area contributed by atoms with Gasteiger partial charge in [0.1, 0.15) is 0 Å². The predicted molar refractivity (Wildman–Crippen MR) is 67.4 cm³/mol. The molecule has 0 aromatic rings. The molecule has 0 aliphatic heterocycles. The van der Waals surface area contributed by atoms with Gasteiger partial charge in [-0.05, 0) is 45.3 Å². The topological polar surface area (TPSA) is 12.0 Å². The summed E-state index contributed by atoms with van der Waals surface area (Å²) in [7, 11) is 0. The van der Waals surface area contributed by atoms with Crippen LogP contribution >= 0.6 is 11.8 Å². The molecule has 0 radical (unpaired) electrons. The van der Waals surface area contributed by atoms with Gasteiger partial charge < -0.3 is 5.32 Å².